The lowest BCUT2D eigenvalue weighted by molar-refractivity contribution is -0.143. The first kappa shape index (κ1) is 12.9. The van der Waals surface area contributed by atoms with Gasteiger partial charge in [0.1, 0.15) is 0 Å². The molecule has 2 N–H and O–H groups in total. The minimum atomic E-state index is -3.33. The van der Waals surface area contributed by atoms with Crippen molar-refractivity contribution in [1.29, 1.82) is 0 Å². The Bertz CT molecular complexity index is 580. The van der Waals surface area contributed by atoms with Gasteiger partial charge in [-0.3, -0.25) is 4.79 Å². The number of anilines is 1. The van der Waals surface area contributed by atoms with Gasteiger partial charge in [0, 0.05) is 11.6 Å². The Hall–Kier alpha value is -1.56. The van der Waals surface area contributed by atoms with Crippen LogP contribution in [0.15, 0.2) is 23.1 Å². The van der Waals surface area contributed by atoms with Crippen LogP contribution in [0.1, 0.15) is 24.8 Å². The Morgan fingerprint density at radius 3 is 2.89 bits per heavy atom. The van der Waals surface area contributed by atoms with Gasteiger partial charge in [-0.05, 0) is 24.6 Å². The lowest BCUT2D eigenvalue weighted by atomic mass is 9.98. The molecule has 1 atom stereocenters. The van der Waals surface area contributed by atoms with Crippen LogP contribution < -0.4 is 5.73 Å². The van der Waals surface area contributed by atoms with Crippen LogP contribution in [0.25, 0.3) is 0 Å². The predicted molar refractivity (Wildman–Crippen MR) is 66.9 cm³/mol. The molecule has 1 heterocycles. The van der Waals surface area contributed by atoms with E-state index in [9.17, 15) is 13.2 Å². The molecule has 0 spiro atoms. The Labute approximate surface area is 106 Å². The molecule has 1 unspecified atom stereocenters. The lowest BCUT2D eigenvalue weighted by Gasteiger charge is -2.09. The Morgan fingerprint density at radius 1 is 1.50 bits per heavy atom. The summed E-state index contributed by atoms with van der Waals surface area (Å²) in [6, 6.07) is 4.78. The van der Waals surface area contributed by atoms with Gasteiger partial charge in [0.15, 0.2) is 9.84 Å². The molecule has 5 nitrogen and oxygen atoms in total. The maximum Gasteiger partial charge on any atom is 0.306 e. The highest BCUT2D eigenvalue weighted by Crippen LogP contribution is 2.38. The number of fused-ring (bicyclic) bond motifs is 1. The van der Waals surface area contributed by atoms with Gasteiger partial charge in [0.2, 0.25) is 0 Å². The number of sulfone groups is 1. The standard InChI is InChI=1S/C12H15NO4S/c1-2-17-12(14)5-8-7-18(15,16)11-6-9(13)3-4-10(8)11/h3-4,6,8H,2,5,7,13H2,1H3. The van der Waals surface area contributed by atoms with E-state index >= 15 is 0 Å². The molecule has 0 fully saturated rings. The minimum absolute atomic E-state index is 0.0510. The van der Waals surface area contributed by atoms with Gasteiger partial charge in [-0.15, -0.1) is 0 Å². The van der Waals surface area contributed by atoms with E-state index in [-0.39, 0.29) is 29.0 Å². The molecule has 0 saturated heterocycles. The van der Waals surface area contributed by atoms with E-state index in [0.29, 0.717) is 17.9 Å². The number of esters is 1. The fraction of sp³-hybridized carbons (Fsp3) is 0.417. The maximum atomic E-state index is 11.9. The van der Waals surface area contributed by atoms with Crippen LogP contribution in [0.5, 0.6) is 0 Å². The summed E-state index contributed by atoms with van der Waals surface area (Å²) in [7, 11) is -3.33. The molecule has 98 valence electrons. The highest BCUT2D eigenvalue weighted by atomic mass is 32.2. The summed E-state index contributed by atoms with van der Waals surface area (Å²) in [6.45, 7) is 2.02. The van der Waals surface area contributed by atoms with E-state index in [0.717, 1.165) is 0 Å². The Balaban J connectivity index is 2.31. The molecule has 0 aliphatic carbocycles. The molecule has 1 aromatic rings. The highest BCUT2D eigenvalue weighted by Gasteiger charge is 2.36. The first-order chi connectivity index (χ1) is 8.44. The second-order valence-corrected chi connectivity index (χ2v) is 6.29. The summed E-state index contributed by atoms with van der Waals surface area (Å²) < 4.78 is 28.7. The summed E-state index contributed by atoms with van der Waals surface area (Å²) in [5.41, 5.74) is 6.67. The van der Waals surface area contributed by atoms with Gasteiger partial charge in [0.05, 0.1) is 23.7 Å². The number of hydrogen-bond acceptors (Lipinski definition) is 5. The quantitative estimate of drug-likeness (QED) is 0.655. The molecule has 2 rings (SSSR count). The first-order valence-corrected chi connectivity index (χ1v) is 7.37. The summed E-state index contributed by atoms with van der Waals surface area (Å²) >= 11 is 0. The molecule has 18 heavy (non-hydrogen) atoms. The van der Waals surface area contributed by atoms with E-state index < -0.39 is 9.84 Å². The zero-order chi connectivity index (χ0) is 13.3. The summed E-state index contributed by atoms with van der Waals surface area (Å²) in [6.07, 6.45) is 0.0873. The lowest BCUT2D eigenvalue weighted by Crippen LogP contribution is -2.12. The van der Waals surface area contributed by atoms with Crippen LogP contribution in [0.2, 0.25) is 0 Å². The van der Waals surface area contributed by atoms with Crippen molar-refractivity contribution >= 4 is 21.5 Å². The van der Waals surface area contributed by atoms with Crippen LogP contribution in [0.3, 0.4) is 0 Å². The summed E-state index contributed by atoms with van der Waals surface area (Å²) in [5.74, 6) is -0.753. The van der Waals surface area contributed by atoms with Crippen LogP contribution in [-0.4, -0.2) is 26.7 Å². The van der Waals surface area contributed by atoms with Crippen molar-refractivity contribution in [1.82, 2.24) is 0 Å². The van der Waals surface area contributed by atoms with E-state index in [4.69, 9.17) is 10.5 Å². The second kappa shape index (κ2) is 4.61. The molecule has 0 saturated carbocycles. The van der Waals surface area contributed by atoms with Gasteiger partial charge >= 0.3 is 5.97 Å². The van der Waals surface area contributed by atoms with Crippen molar-refractivity contribution in [2.45, 2.75) is 24.2 Å². The van der Waals surface area contributed by atoms with Crippen molar-refractivity contribution in [3.05, 3.63) is 23.8 Å². The van der Waals surface area contributed by atoms with E-state index in [1.807, 2.05) is 0 Å². The van der Waals surface area contributed by atoms with E-state index in [1.54, 1.807) is 19.1 Å². The van der Waals surface area contributed by atoms with E-state index in [2.05, 4.69) is 0 Å². The van der Waals surface area contributed by atoms with Gasteiger partial charge in [-0.2, -0.15) is 0 Å². The zero-order valence-electron chi connectivity index (χ0n) is 10.0. The molecule has 1 aliphatic heterocycles. The van der Waals surface area contributed by atoms with Crippen LogP contribution in [-0.2, 0) is 19.4 Å². The normalized spacial score (nSPS) is 20.4. The Morgan fingerprint density at radius 2 is 2.22 bits per heavy atom. The average molecular weight is 269 g/mol. The molecule has 6 heteroatoms. The summed E-state index contributed by atoms with van der Waals surface area (Å²) in [5, 5.41) is 0. The number of hydrogen-bond donors (Lipinski definition) is 1. The molecule has 1 aromatic carbocycles. The van der Waals surface area contributed by atoms with Crippen molar-refractivity contribution in [3.63, 3.8) is 0 Å². The second-order valence-electron chi connectivity index (χ2n) is 4.28. The van der Waals surface area contributed by atoms with E-state index in [1.165, 1.54) is 6.07 Å². The number of rotatable bonds is 3. The first-order valence-electron chi connectivity index (χ1n) is 5.72. The molecule has 0 aromatic heterocycles. The van der Waals surface area contributed by atoms with Gasteiger partial charge < -0.3 is 10.5 Å². The maximum absolute atomic E-state index is 11.9. The highest BCUT2D eigenvalue weighted by molar-refractivity contribution is 7.91. The van der Waals surface area contributed by atoms with Crippen LogP contribution in [0, 0.1) is 0 Å². The predicted octanol–water partition coefficient (Wildman–Crippen LogP) is 1.09. The molecular weight excluding hydrogens is 254 g/mol. The minimum Gasteiger partial charge on any atom is -0.466 e. The Kier molecular flexibility index (Phi) is 3.30. The molecular formula is C12H15NO4S. The van der Waals surface area contributed by atoms with Gasteiger partial charge in [0.25, 0.3) is 0 Å². The number of benzene rings is 1. The number of carbonyl (C=O) groups is 1. The molecule has 0 radical (unpaired) electrons. The monoisotopic (exact) mass is 269 g/mol. The smallest absolute Gasteiger partial charge is 0.306 e. The third kappa shape index (κ3) is 2.33. The topological polar surface area (TPSA) is 86.5 Å². The number of nitrogen functional groups attached to an aromatic ring is 1. The average Bonchev–Trinajstić information content (AvgIpc) is 2.50. The number of nitrogens with two attached hydrogens (primary N) is 1. The fourth-order valence-corrected chi connectivity index (χ4v) is 4.11. The number of ether oxygens (including phenoxy) is 1. The number of carbonyl (C=O) groups excluding carboxylic acids is 1. The van der Waals surface area contributed by atoms with Crippen LogP contribution in [0.4, 0.5) is 5.69 Å². The third-order valence-electron chi connectivity index (χ3n) is 2.95. The van der Waals surface area contributed by atoms with Crippen LogP contribution >= 0.6 is 0 Å². The summed E-state index contributed by atoms with van der Waals surface area (Å²) in [4.78, 5) is 11.7. The van der Waals surface area contributed by atoms with Crippen molar-refractivity contribution < 1.29 is 17.9 Å². The fourth-order valence-electron chi connectivity index (χ4n) is 2.19. The van der Waals surface area contributed by atoms with Gasteiger partial charge in [-0.1, -0.05) is 6.07 Å². The molecule has 0 bridgehead atoms. The third-order valence-corrected chi connectivity index (χ3v) is 4.82. The SMILES string of the molecule is CCOC(=O)CC1CS(=O)(=O)c2cc(N)ccc21. The molecule has 0 amide bonds. The largest absolute Gasteiger partial charge is 0.466 e. The van der Waals surface area contributed by atoms with Gasteiger partial charge in [-0.25, -0.2) is 8.42 Å². The van der Waals surface area contributed by atoms with Crippen molar-refractivity contribution in [3.8, 4) is 0 Å². The zero-order valence-corrected chi connectivity index (χ0v) is 10.9. The van der Waals surface area contributed by atoms with Crippen molar-refractivity contribution in [2.24, 2.45) is 0 Å². The molecule has 1 aliphatic rings. The van der Waals surface area contributed by atoms with Crippen molar-refractivity contribution in [2.75, 3.05) is 18.1 Å².